The zero-order valence-electron chi connectivity index (χ0n) is 16.8. The monoisotopic (exact) mass is 429 g/mol. The van der Waals surface area contributed by atoms with Crippen LogP contribution in [-0.4, -0.2) is 45.2 Å². The molecule has 3 aromatic rings. The van der Waals surface area contributed by atoms with E-state index in [1.165, 1.54) is 0 Å². The van der Waals surface area contributed by atoms with Crippen molar-refractivity contribution in [3.05, 3.63) is 57.5 Å². The van der Waals surface area contributed by atoms with Gasteiger partial charge in [-0.15, -0.1) is 22.6 Å². The summed E-state index contributed by atoms with van der Waals surface area (Å²) in [4.78, 5) is 27.4. The fourth-order valence-electron chi connectivity index (χ4n) is 4.47. The number of carbonyl (C=O) groups is 1. The van der Waals surface area contributed by atoms with E-state index in [2.05, 4.69) is 20.1 Å². The minimum atomic E-state index is -0.563. The number of fused-ring (bicyclic) bond motifs is 2. The summed E-state index contributed by atoms with van der Waals surface area (Å²) in [5.74, 6) is 2.05. The van der Waals surface area contributed by atoms with E-state index in [4.69, 9.17) is 4.42 Å². The highest BCUT2D eigenvalue weighted by atomic mass is 35.5. The van der Waals surface area contributed by atoms with Crippen molar-refractivity contribution in [1.82, 2.24) is 25.0 Å². The average molecular weight is 430 g/mol. The number of likely N-dealkylation sites (tertiary alicyclic amines) is 1. The standard InChI is InChI=1S/C21H23N5O3.ClH/c1-13-15-4-2-3-5-16(15)29-21(28)18(13)20(27)25-9-6-14(7-10-25)19-24-23-17-12-22-8-11-26(17)19;/h2-5,14,22H,6-12H2,1H3;1H. The maximum atomic E-state index is 13.1. The van der Waals surface area contributed by atoms with Crippen molar-refractivity contribution >= 4 is 29.3 Å². The van der Waals surface area contributed by atoms with E-state index < -0.39 is 5.63 Å². The van der Waals surface area contributed by atoms with E-state index >= 15 is 0 Å². The van der Waals surface area contributed by atoms with Crippen LogP contribution in [0.5, 0.6) is 0 Å². The molecule has 158 valence electrons. The van der Waals surface area contributed by atoms with Gasteiger partial charge in [0.1, 0.15) is 22.8 Å². The Labute approximate surface area is 179 Å². The lowest BCUT2D eigenvalue weighted by Gasteiger charge is -2.32. The predicted octanol–water partition coefficient (Wildman–Crippen LogP) is 2.24. The molecule has 0 radical (unpaired) electrons. The van der Waals surface area contributed by atoms with Crippen LogP contribution in [0.4, 0.5) is 0 Å². The summed E-state index contributed by atoms with van der Waals surface area (Å²) >= 11 is 0. The molecular formula is C21H24ClN5O3. The number of aryl methyl sites for hydroxylation is 1. The smallest absolute Gasteiger partial charge is 0.349 e. The first-order valence-electron chi connectivity index (χ1n) is 10.1. The number of hydrogen-bond acceptors (Lipinski definition) is 6. The summed E-state index contributed by atoms with van der Waals surface area (Å²) in [6.45, 7) is 5.56. The summed E-state index contributed by atoms with van der Waals surface area (Å²) in [7, 11) is 0. The fraction of sp³-hybridized carbons (Fsp3) is 0.429. The van der Waals surface area contributed by atoms with E-state index in [1.54, 1.807) is 11.0 Å². The van der Waals surface area contributed by atoms with E-state index in [-0.39, 0.29) is 29.8 Å². The van der Waals surface area contributed by atoms with Crippen molar-refractivity contribution < 1.29 is 9.21 Å². The molecule has 0 spiro atoms. The molecule has 1 aromatic carbocycles. The second-order valence-electron chi connectivity index (χ2n) is 7.75. The predicted molar refractivity (Wildman–Crippen MR) is 114 cm³/mol. The van der Waals surface area contributed by atoms with Crippen LogP contribution >= 0.6 is 12.4 Å². The minimum absolute atomic E-state index is 0. The third-order valence-electron chi connectivity index (χ3n) is 6.09. The lowest BCUT2D eigenvalue weighted by atomic mass is 9.95. The quantitative estimate of drug-likeness (QED) is 0.628. The first-order valence-corrected chi connectivity index (χ1v) is 10.1. The number of para-hydroxylation sites is 1. The molecule has 4 heterocycles. The Kier molecular flexibility index (Phi) is 5.62. The van der Waals surface area contributed by atoms with Crippen molar-refractivity contribution in [2.24, 2.45) is 0 Å². The van der Waals surface area contributed by atoms with Crippen LogP contribution in [-0.2, 0) is 13.1 Å². The number of piperidine rings is 1. The zero-order valence-corrected chi connectivity index (χ0v) is 17.6. The number of benzene rings is 1. The summed E-state index contributed by atoms with van der Waals surface area (Å²) in [5.41, 5.74) is 0.778. The Hall–Kier alpha value is -2.71. The molecule has 1 N–H and O–H groups in total. The second kappa shape index (κ2) is 8.20. The molecule has 30 heavy (non-hydrogen) atoms. The lowest BCUT2D eigenvalue weighted by molar-refractivity contribution is 0.0705. The molecule has 1 amide bonds. The normalized spacial score (nSPS) is 16.9. The SMILES string of the molecule is Cc1c(C(=O)N2CCC(c3nnc4n3CCNC4)CC2)c(=O)oc2ccccc12.Cl. The second-order valence-corrected chi connectivity index (χ2v) is 7.75. The van der Waals surface area contributed by atoms with E-state index in [0.29, 0.717) is 24.2 Å². The maximum absolute atomic E-state index is 13.1. The van der Waals surface area contributed by atoms with Crippen molar-refractivity contribution in [3.8, 4) is 0 Å². The molecule has 0 saturated carbocycles. The van der Waals surface area contributed by atoms with Crippen LogP contribution in [0.15, 0.2) is 33.5 Å². The number of rotatable bonds is 2. The highest BCUT2D eigenvalue weighted by molar-refractivity contribution is 5.99. The first-order chi connectivity index (χ1) is 14.1. The summed E-state index contributed by atoms with van der Waals surface area (Å²) in [6.07, 6.45) is 1.63. The molecule has 1 fully saturated rings. The minimum Gasteiger partial charge on any atom is -0.422 e. The Bertz CT molecular complexity index is 1150. The number of carbonyl (C=O) groups excluding carboxylic acids is 1. The largest absolute Gasteiger partial charge is 0.422 e. The Morgan fingerprint density at radius 2 is 1.93 bits per heavy atom. The van der Waals surface area contributed by atoms with Gasteiger partial charge in [-0.3, -0.25) is 4.79 Å². The van der Waals surface area contributed by atoms with Gasteiger partial charge in [0.15, 0.2) is 0 Å². The number of hydrogen-bond donors (Lipinski definition) is 1. The molecule has 8 nitrogen and oxygen atoms in total. The van der Waals surface area contributed by atoms with Crippen LogP contribution in [0.3, 0.4) is 0 Å². The summed E-state index contributed by atoms with van der Waals surface area (Å²) < 4.78 is 7.61. The Morgan fingerprint density at radius 3 is 2.73 bits per heavy atom. The molecule has 2 aromatic heterocycles. The third kappa shape index (κ3) is 3.40. The van der Waals surface area contributed by atoms with Crippen LogP contribution < -0.4 is 10.9 Å². The van der Waals surface area contributed by atoms with Gasteiger partial charge < -0.3 is 19.2 Å². The van der Waals surface area contributed by atoms with Gasteiger partial charge in [-0.05, 0) is 31.4 Å². The number of halogens is 1. The van der Waals surface area contributed by atoms with Gasteiger partial charge in [0.2, 0.25) is 0 Å². The number of nitrogens with one attached hydrogen (secondary N) is 1. The van der Waals surface area contributed by atoms with E-state index in [0.717, 1.165) is 49.5 Å². The number of aromatic nitrogens is 3. The lowest BCUT2D eigenvalue weighted by Crippen LogP contribution is -2.41. The summed E-state index contributed by atoms with van der Waals surface area (Å²) in [5, 5.41) is 12.8. The highest BCUT2D eigenvalue weighted by Gasteiger charge is 2.31. The number of nitrogens with zero attached hydrogens (tertiary/aromatic N) is 4. The van der Waals surface area contributed by atoms with Crippen LogP contribution in [0.2, 0.25) is 0 Å². The molecule has 0 atom stereocenters. The molecule has 0 unspecified atom stereocenters. The van der Waals surface area contributed by atoms with Crippen molar-refractivity contribution in [2.45, 2.75) is 38.8 Å². The Balaban J connectivity index is 0.00000218. The molecule has 2 aliphatic rings. The van der Waals surface area contributed by atoms with Gasteiger partial charge in [0, 0.05) is 37.5 Å². The van der Waals surface area contributed by atoms with Crippen LogP contribution in [0, 0.1) is 6.92 Å². The molecule has 1 saturated heterocycles. The number of amides is 1. The van der Waals surface area contributed by atoms with E-state index in [9.17, 15) is 9.59 Å². The third-order valence-corrected chi connectivity index (χ3v) is 6.09. The highest BCUT2D eigenvalue weighted by Crippen LogP contribution is 2.29. The summed E-state index contributed by atoms with van der Waals surface area (Å²) in [6, 6.07) is 7.32. The average Bonchev–Trinajstić information content (AvgIpc) is 3.18. The van der Waals surface area contributed by atoms with Crippen LogP contribution in [0.1, 0.15) is 46.3 Å². The first kappa shape index (κ1) is 20.6. The molecule has 9 heteroatoms. The van der Waals surface area contributed by atoms with Crippen molar-refractivity contribution in [3.63, 3.8) is 0 Å². The molecule has 0 bridgehead atoms. The van der Waals surface area contributed by atoms with Crippen molar-refractivity contribution in [1.29, 1.82) is 0 Å². The molecule has 0 aliphatic carbocycles. The van der Waals surface area contributed by atoms with E-state index in [1.807, 2.05) is 25.1 Å². The zero-order chi connectivity index (χ0) is 20.0. The van der Waals surface area contributed by atoms with Gasteiger partial charge in [0.25, 0.3) is 5.91 Å². The van der Waals surface area contributed by atoms with Gasteiger partial charge in [0.05, 0.1) is 6.54 Å². The molecular weight excluding hydrogens is 406 g/mol. The van der Waals surface area contributed by atoms with Gasteiger partial charge in [-0.2, -0.15) is 0 Å². The molecule has 5 rings (SSSR count). The van der Waals surface area contributed by atoms with Crippen LogP contribution in [0.25, 0.3) is 11.0 Å². The topological polar surface area (TPSA) is 93.3 Å². The Morgan fingerprint density at radius 1 is 1.17 bits per heavy atom. The maximum Gasteiger partial charge on any atom is 0.349 e. The van der Waals surface area contributed by atoms with Gasteiger partial charge in [-0.1, -0.05) is 18.2 Å². The fourth-order valence-corrected chi connectivity index (χ4v) is 4.47. The van der Waals surface area contributed by atoms with Crippen molar-refractivity contribution in [2.75, 3.05) is 19.6 Å². The molecule has 2 aliphatic heterocycles. The van der Waals surface area contributed by atoms with Gasteiger partial charge >= 0.3 is 5.63 Å². The van der Waals surface area contributed by atoms with Gasteiger partial charge in [-0.25, -0.2) is 4.79 Å².